The number of nitrogens with zero attached hydrogens (tertiary/aromatic N) is 1. The molecule has 8 heteroatoms. The molecular formula is C20H20ClF3N2O2. The number of ketones is 1. The quantitative estimate of drug-likeness (QED) is 0.780. The number of amides is 1. The van der Waals surface area contributed by atoms with Crippen molar-refractivity contribution in [3.05, 3.63) is 71.0 Å². The lowest BCUT2D eigenvalue weighted by Crippen LogP contribution is -2.44. The van der Waals surface area contributed by atoms with E-state index in [4.69, 9.17) is 5.73 Å². The molecule has 1 unspecified atom stereocenters. The molecule has 1 aliphatic heterocycles. The molecule has 2 aromatic rings. The number of hydrogen-bond donors (Lipinski definition) is 1. The van der Waals surface area contributed by atoms with Crippen LogP contribution < -0.4 is 5.73 Å². The standard InChI is InChI=1S/C20H19F3N2O2.ClH/c21-14-10-15(22)17(16(23)11-14)19(26)13-6-8-25(9-7-13)20(27)18(24)12-4-2-1-3-5-12;/h1-5,10-11,13,18H,6-9,24H2;1H. The summed E-state index contributed by atoms with van der Waals surface area (Å²) in [6.07, 6.45) is 0.532. The van der Waals surface area contributed by atoms with Crippen molar-refractivity contribution in [3.63, 3.8) is 0 Å². The summed E-state index contributed by atoms with van der Waals surface area (Å²) in [7, 11) is 0. The van der Waals surface area contributed by atoms with Crippen molar-refractivity contribution in [2.45, 2.75) is 18.9 Å². The van der Waals surface area contributed by atoms with E-state index in [1.54, 1.807) is 29.2 Å². The second kappa shape index (κ2) is 9.21. The highest BCUT2D eigenvalue weighted by atomic mass is 35.5. The van der Waals surface area contributed by atoms with E-state index in [1.807, 2.05) is 6.07 Å². The summed E-state index contributed by atoms with van der Waals surface area (Å²) < 4.78 is 40.7. The molecule has 0 aromatic heterocycles. The van der Waals surface area contributed by atoms with Crippen LogP contribution in [-0.4, -0.2) is 29.7 Å². The topological polar surface area (TPSA) is 63.4 Å². The van der Waals surface area contributed by atoms with E-state index in [2.05, 4.69) is 0 Å². The summed E-state index contributed by atoms with van der Waals surface area (Å²) >= 11 is 0. The Balaban J connectivity index is 0.00000280. The van der Waals surface area contributed by atoms with Crippen molar-refractivity contribution in [2.24, 2.45) is 11.7 Å². The van der Waals surface area contributed by atoms with E-state index in [0.29, 0.717) is 17.7 Å². The number of benzene rings is 2. The van der Waals surface area contributed by atoms with Gasteiger partial charge in [0.15, 0.2) is 5.78 Å². The van der Waals surface area contributed by atoms with Gasteiger partial charge in [-0.05, 0) is 18.4 Å². The first kappa shape index (κ1) is 21.9. The number of likely N-dealkylation sites (tertiary alicyclic amines) is 1. The average Bonchev–Trinajstić information content (AvgIpc) is 2.66. The number of rotatable bonds is 4. The van der Waals surface area contributed by atoms with Gasteiger partial charge in [0.1, 0.15) is 23.5 Å². The van der Waals surface area contributed by atoms with Crippen LogP contribution in [-0.2, 0) is 4.79 Å². The summed E-state index contributed by atoms with van der Waals surface area (Å²) in [5.41, 5.74) is 5.99. The molecule has 0 radical (unpaired) electrons. The van der Waals surface area contributed by atoms with E-state index in [-0.39, 0.29) is 44.2 Å². The summed E-state index contributed by atoms with van der Waals surface area (Å²) in [5, 5.41) is 0. The minimum absolute atomic E-state index is 0. The number of piperidine rings is 1. The maximum absolute atomic E-state index is 13.8. The molecule has 4 nitrogen and oxygen atoms in total. The normalized spacial score (nSPS) is 15.6. The zero-order valence-electron chi connectivity index (χ0n) is 14.9. The molecule has 150 valence electrons. The predicted molar refractivity (Wildman–Crippen MR) is 101 cm³/mol. The van der Waals surface area contributed by atoms with E-state index in [0.717, 1.165) is 0 Å². The number of carbonyl (C=O) groups is 2. The second-order valence-corrected chi connectivity index (χ2v) is 6.60. The molecule has 3 rings (SSSR count). The van der Waals surface area contributed by atoms with Gasteiger partial charge in [-0.25, -0.2) is 13.2 Å². The van der Waals surface area contributed by atoms with Gasteiger partial charge in [-0.3, -0.25) is 9.59 Å². The van der Waals surface area contributed by atoms with Gasteiger partial charge in [-0.2, -0.15) is 0 Å². The van der Waals surface area contributed by atoms with Crippen molar-refractivity contribution in [1.29, 1.82) is 0 Å². The Kier molecular flexibility index (Phi) is 7.21. The van der Waals surface area contributed by atoms with Gasteiger partial charge in [0, 0.05) is 31.1 Å². The van der Waals surface area contributed by atoms with Crippen LogP contribution in [0.1, 0.15) is 34.8 Å². The fraction of sp³-hybridized carbons (Fsp3) is 0.300. The maximum atomic E-state index is 13.8. The lowest BCUT2D eigenvalue weighted by molar-refractivity contribution is -0.134. The first-order valence-corrected chi connectivity index (χ1v) is 8.66. The van der Waals surface area contributed by atoms with Crippen LogP contribution in [0.5, 0.6) is 0 Å². The van der Waals surface area contributed by atoms with Gasteiger partial charge < -0.3 is 10.6 Å². The Hall–Kier alpha value is -2.38. The second-order valence-electron chi connectivity index (χ2n) is 6.60. The first-order valence-electron chi connectivity index (χ1n) is 8.66. The molecule has 1 saturated heterocycles. The summed E-state index contributed by atoms with van der Waals surface area (Å²) in [6, 6.07) is 9.12. The Bertz CT molecular complexity index is 833. The van der Waals surface area contributed by atoms with Crippen molar-refractivity contribution < 1.29 is 22.8 Å². The predicted octanol–water partition coefficient (Wildman–Crippen LogP) is 3.65. The van der Waals surface area contributed by atoms with Crippen LogP contribution in [0.15, 0.2) is 42.5 Å². The maximum Gasteiger partial charge on any atom is 0.244 e. The van der Waals surface area contributed by atoms with Gasteiger partial charge in [0.05, 0.1) is 5.56 Å². The van der Waals surface area contributed by atoms with Crippen molar-refractivity contribution >= 4 is 24.1 Å². The SMILES string of the molecule is Cl.NC(C(=O)N1CCC(C(=O)c2c(F)cc(F)cc2F)CC1)c1ccccc1. The van der Waals surface area contributed by atoms with Gasteiger partial charge in [0.2, 0.25) is 5.91 Å². The zero-order valence-corrected chi connectivity index (χ0v) is 15.7. The third-order valence-electron chi connectivity index (χ3n) is 4.86. The molecule has 2 N–H and O–H groups in total. The highest BCUT2D eigenvalue weighted by Gasteiger charge is 2.32. The molecule has 1 heterocycles. The van der Waals surface area contributed by atoms with Gasteiger partial charge >= 0.3 is 0 Å². The number of nitrogens with two attached hydrogens (primary N) is 1. The molecular weight excluding hydrogens is 393 g/mol. The van der Waals surface area contributed by atoms with Gasteiger partial charge in [-0.1, -0.05) is 30.3 Å². The van der Waals surface area contributed by atoms with Gasteiger partial charge in [-0.15, -0.1) is 12.4 Å². The number of halogens is 4. The Morgan fingerprint density at radius 3 is 2.07 bits per heavy atom. The highest BCUT2D eigenvalue weighted by molar-refractivity contribution is 5.98. The van der Waals surface area contributed by atoms with Crippen molar-refractivity contribution in [3.8, 4) is 0 Å². The van der Waals surface area contributed by atoms with E-state index in [1.165, 1.54) is 0 Å². The molecule has 1 fully saturated rings. The third-order valence-corrected chi connectivity index (χ3v) is 4.86. The molecule has 0 saturated carbocycles. The van der Waals surface area contributed by atoms with E-state index >= 15 is 0 Å². The minimum Gasteiger partial charge on any atom is -0.341 e. The first-order chi connectivity index (χ1) is 12.9. The van der Waals surface area contributed by atoms with Crippen LogP contribution in [0, 0.1) is 23.4 Å². The van der Waals surface area contributed by atoms with Crippen LogP contribution in [0.4, 0.5) is 13.2 Å². The monoisotopic (exact) mass is 412 g/mol. The third kappa shape index (κ3) is 4.54. The highest BCUT2D eigenvalue weighted by Crippen LogP contribution is 2.26. The number of carbonyl (C=O) groups excluding carboxylic acids is 2. The van der Waals surface area contributed by atoms with Crippen LogP contribution in [0.3, 0.4) is 0 Å². The van der Waals surface area contributed by atoms with Crippen LogP contribution >= 0.6 is 12.4 Å². The lowest BCUT2D eigenvalue weighted by atomic mass is 9.88. The van der Waals surface area contributed by atoms with Crippen LogP contribution in [0.2, 0.25) is 0 Å². The van der Waals surface area contributed by atoms with Gasteiger partial charge in [0.25, 0.3) is 0 Å². The molecule has 0 aliphatic carbocycles. The Morgan fingerprint density at radius 1 is 1.00 bits per heavy atom. The number of hydrogen-bond acceptors (Lipinski definition) is 3. The van der Waals surface area contributed by atoms with Crippen molar-refractivity contribution in [1.82, 2.24) is 4.90 Å². The zero-order chi connectivity index (χ0) is 19.6. The molecule has 1 amide bonds. The molecule has 1 aliphatic rings. The van der Waals surface area contributed by atoms with E-state index < -0.39 is 40.8 Å². The average molecular weight is 413 g/mol. The summed E-state index contributed by atoms with van der Waals surface area (Å²) in [5.74, 6) is -5.08. The van der Waals surface area contributed by atoms with E-state index in [9.17, 15) is 22.8 Å². The van der Waals surface area contributed by atoms with Crippen LogP contribution in [0.25, 0.3) is 0 Å². The molecule has 0 bridgehead atoms. The van der Waals surface area contributed by atoms with Crippen molar-refractivity contribution in [2.75, 3.05) is 13.1 Å². The number of Topliss-reactive ketones (excluding diaryl/α,β-unsaturated/α-hetero) is 1. The summed E-state index contributed by atoms with van der Waals surface area (Å²) in [6.45, 7) is 0.528. The fourth-order valence-electron chi connectivity index (χ4n) is 3.34. The fourth-order valence-corrected chi connectivity index (χ4v) is 3.34. The molecule has 0 spiro atoms. The largest absolute Gasteiger partial charge is 0.341 e. The minimum atomic E-state index is -1.21. The summed E-state index contributed by atoms with van der Waals surface area (Å²) in [4.78, 5) is 26.6. The lowest BCUT2D eigenvalue weighted by Gasteiger charge is -2.33. The Labute approximate surface area is 166 Å². The Morgan fingerprint density at radius 2 is 1.54 bits per heavy atom. The molecule has 2 aromatic carbocycles. The molecule has 28 heavy (non-hydrogen) atoms. The smallest absolute Gasteiger partial charge is 0.244 e. The molecule has 1 atom stereocenters.